The third kappa shape index (κ3) is 4.15. The standard InChI is InChI=1S/C19H26N2O3/c22-18(21-12-4-5-17(14-21)19(23)24)16-8-6-15(7-9-16)13-20-10-2-1-3-11-20/h6-9,17H,1-5,10-14H2,(H,23,24). The normalized spacial score (nSPS) is 22.3. The zero-order valence-electron chi connectivity index (χ0n) is 14.1. The molecule has 0 radical (unpaired) electrons. The van der Waals surface area contributed by atoms with Crippen LogP contribution in [0.15, 0.2) is 24.3 Å². The van der Waals surface area contributed by atoms with Gasteiger partial charge >= 0.3 is 5.97 Å². The number of carboxylic acids is 1. The van der Waals surface area contributed by atoms with Crippen molar-refractivity contribution in [2.45, 2.75) is 38.6 Å². The van der Waals surface area contributed by atoms with Crippen molar-refractivity contribution in [1.29, 1.82) is 0 Å². The first-order valence-corrected chi connectivity index (χ1v) is 8.97. The van der Waals surface area contributed by atoms with Crippen LogP contribution in [0.2, 0.25) is 0 Å². The number of carbonyl (C=O) groups is 2. The topological polar surface area (TPSA) is 60.9 Å². The lowest BCUT2D eigenvalue weighted by atomic mass is 9.97. The maximum absolute atomic E-state index is 12.6. The molecule has 1 aromatic rings. The molecule has 0 bridgehead atoms. The predicted octanol–water partition coefficient (Wildman–Crippen LogP) is 2.61. The van der Waals surface area contributed by atoms with Crippen LogP contribution < -0.4 is 0 Å². The minimum absolute atomic E-state index is 0.0505. The zero-order valence-corrected chi connectivity index (χ0v) is 14.1. The van der Waals surface area contributed by atoms with E-state index in [0.717, 1.165) is 26.1 Å². The summed E-state index contributed by atoms with van der Waals surface area (Å²) < 4.78 is 0. The lowest BCUT2D eigenvalue weighted by molar-refractivity contribution is -0.143. The summed E-state index contributed by atoms with van der Waals surface area (Å²) in [6.07, 6.45) is 5.30. The van der Waals surface area contributed by atoms with Gasteiger partial charge < -0.3 is 10.0 Å². The number of carboxylic acid groups (broad SMARTS) is 1. The Morgan fingerprint density at radius 2 is 1.71 bits per heavy atom. The molecule has 1 unspecified atom stereocenters. The van der Waals surface area contributed by atoms with Crippen molar-refractivity contribution in [2.75, 3.05) is 26.2 Å². The molecule has 5 heteroatoms. The smallest absolute Gasteiger partial charge is 0.308 e. The Hall–Kier alpha value is -1.88. The Morgan fingerprint density at radius 1 is 1.00 bits per heavy atom. The molecule has 1 atom stereocenters. The van der Waals surface area contributed by atoms with Gasteiger partial charge in [0.2, 0.25) is 0 Å². The highest BCUT2D eigenvalue weighted by Gasteiger charge is 2.28. The second-order valence-corrected chi connectivity index (χ2v) is 6.96. The largest absolute Gasteiger partial charge is 0.481 e. The average Bonchev–Trinajstić information content (AvgIpc) is 2.63. The van der Waals surface area contributed by atoms with Crippen LogP contribution in [0.1, 0.15) is 48.0 Å². The highest BCUT2D eigenvalue weighted by molar-refractivity contribution is 5.94. The van der Waals surface area contributed by atoms with Crippen molar-refractivity contribution < 1.29 is 14.7 Å². The minimum atomic E-state index is -0.802. The van der Waals surface area contributed by atoms with E-state index in [9.17, 15) is 9.59 Å². The number of piperidine rings is 2. The maximum atomic E-state index is 12.6. The third-order valence-corrected chi connectivity index (χ3v) is 5.11. The van der Waals surface area contributed by atoms with Gasteiger partial charge in [0.15, 0.2) is 0 Å². The summed E-state index contributed by atoms with van der Waals surface area (Å²) in [6, 6.07) is 7.82. The Morgan fingerprint density at radius 3 is 2.38 bits per heavy atom. The average molecular weight is 330 g/mol. The van der Waals surface area contributed by atoms with Gasteiger partial charge in [-0.25, -0.2) is 0 Å². The number of likely N-dealkylation sites (tertiary alicyclic amines) is 2. The predicted molar refractivity (Wildman–Crippen MR) is 91.8 cm³/mol. The van der Waals surface area contributed by atoms with Gasteiger partial charge in [0, 0.05) is 25.2 Å². The van der Waals surface area contributed by atoms with Crippen LogP contribution in [-0.2, 0) is 11.3 Å². The Balaban J connectivity index is 1.60. The first-order valence-electron chi connectivity index (χ1n) is 8.97. The van der Waals surface area contributed by atoms with E-state index in [0.29, 0.717) is 25.1 Å². The van der Waals surface area contributed by atoms with E-state index in [2.05, 4.69) is 4.90 Å². The van der Waals surface area contributed by atoms with Gasteiger partial charge in [-0.3, -0.25) is 14.5 Å². The van der Waals surface area contributed by atoms with Crippen LogP contribution in [0.3, 0.4) is 0 Å². The van der Waals surface area contributed by atoms with Crippen LogP contribution >= 0.6 is 0 Å². The van der Waals surface area contributed by atoms with E-state index < -0.39 is 11.9 Å². The molecule has 0 saturated carbocycles. The SMILES string of the molecule is O=C(O)C1CCCN(C(=O)c2ccc(CN3CCCCC3)cc2)C1. The van der Waals surface area contributed by atoms with E-state index in [1.807, 2.05) is 24.3 Å². The van der Waals surface area contributed by atoms with Crippen molar-refractivity contribution in [3.63, 3.8) is 0 Å². The van der Waals surface area contributed by atoms with E-state index in [1.165, 1.54) is 24.8 Å². The molecule has 2 fully saturated rings. The molecule has 2 saturated heterocycles. The third-order valence-electron chi connectivity index (χ3n) is 5.11. The molecule has 1 N–H and O–H groups in total. The molecule has 0 spiro atoms. The van der Waals surface area contributed by atoms with Crippen LogP contribution in [0.25, 0.3) is 0 Å². The van der Waals surface area contributed by atoms with Gasteiger partial charge in [-0.2, -0.15) is 0 Å². The number of nitrogens with zero attached hydrogens (tertiary/aromatic N) is 2. The van der Waals surface area contributed by atoms with Crippen molar-refractivity contribution in [2.24, 2.45) is 5.92 Å². The number of amides is 1. The summed E-state index contributed by atoms with van der Waals surface area (Å²) in [5, 5.41) is 9.16. The summed E-state index contributed by atoms with van der Waals surface area (Å²) in [4.78, 5) is 27.9. The Kier molecular flexibility index (Phi) is 5.51. The molecule has 24 heavy (non-hydrogen) atoms. The van der Waals surface area contributed by atoms with Crippen molar-refractivity contribution in [1.82, 2.24) is 9.80 Å². The first kappa shape index (κ1) is 17.0. The molecule has 0 aromatic heterocycles. The maximum Gasteiger partial charge on any atom is 0.308 e. The molecule has 2 aliphatic rings. The highest BCUT2D eigenvalue weighted by atomic mass is 16.4. The Labute approximate surface area is 143 Å². The number of hydrogen-bond donors (Lipinski definition) is 1. The minimum Gasteiger partial charge on any atom is -0.481 e. The molecular weight excluding hydrogens is 304 g/mol. The number of hydrogen-bond acceptors (Lipinski definition) is 3. The highest BCUT2D eigenvalue weighted by Crippen LogP contribution is 2.20. The van der Waals surface area contributed by atoms with Gasteiger partial charge in [0.25, 0.3) is 5.91 Å². The molecule has 3 rings (SSSR count). The van der Waals surface area contributed by atoms with E-state index in [1.54, 1.807) is 4.90 Å². The van der Waals surface area contributed by atoms with Gasteiger partial charge in [-0.1, -0.05) is 18.6 Å². The zero-order chi connectivity index (χ0) is 16.9. The van der Waals surface area contributed by atoms with Gasteiger partial charge in [-0.15, -0.1) is 0 Å². The lowest BCUT2D eigenvalue weighted by Gasteiger charge is -2.31. The molecule has 2 aliphatic heterocycles. The summed E-state index contributed by atoms with van der Waals surface area (Å²) in [7, 11) is 0. The number of aliphatic carboxylic acids is 1. The van der Waals surface area contributed by atoms with Gasteiger partial charge in [0.1, 0.15) is 0 Å². The van der Waals surface area contributed by atoms with Gasteiger partial charge in [-0.05, 0) is 56.5 Å². The quantitative estimate of drug-likeness (QED) is 0.922. The molecule has 2 heterocycles. The molecule has 1 aromatic carbocycles. The first-order chi connectivity index (χ1) is 11.6. The van der Waals surface area contributed by atoms with E-state index in [-0.39, 0.29) is 5.91 Å². The molecule has 130 valence electrons. The molecule has 1 amide bonds. The fraction of sp³-hybridized carbons (Fsp3) is 0.579. The molecule has 0 aliphatic carbocycles. The fourth-order valence-corrected chi connectivity index (χ4v) is 3.67. The molecule has 5 nitrogen and oxygen atoms in total. The number of carbonyl (C=O) groups excluding carboxylic acids is 1. The lowest BCUT2D eigenvalue weighted by Crippen LogP contribution is -2.42. The summed E-state index contributed by atoms with van der Waals surface area (Å²) in [5.74, 6) is -1.28. The van der Waals surface area contributed by atoms with Crippen LogP contribution in [-0.4, -0.2) is 53.0 Å². The van der Waals surface area contributed by atoms with Gasteiger partial charge in [0.05, 0.1) is 5.92 Å². The van der Waals surface area contributed by atoms with E-state index in [4.69, 9.17) is 5.11 Å². The van der Waals surface area contributed by atoms with Crippen LogP contribution in [0, 0.1) is 5.92 Å². The summed E-state index contributed by atoms with van der Waals surface area (Å²) >= 11 is 0. The Bertz CT molecular complexity index is 579. The van der Waals surface area contributed by atoms with Crippen molar-refractivity contribution >= 4 is 11.9 Å². The monoisotopic (exact) mass is 330 g/mol. The second-order valence-electron chi connectivity index (χ2n) is 6.96. The number of benzene rings is 1. The summed E-state index contributed by atoms with van der Waals surface area (Å²) in [5.41, 5.74) is 1.89. The number of rotatable bonds is 4. The van der Waals surface area contributed by atoms with Crippen molar-refractivity contribution in [3.8, 4) is 0 Å². The van der Waals surface area contributed by atoms with Crippen molar-refractivity contribution in [3.05, 3.63) is 35.4 Å². The fourth-order valence-electron chi connectivity index (χ4n) is 3.67. The molecular formula is C19H26N2O3. The van der Waals surface area contributed by atoms with Crippen LogP contribution in [0.5, 0.6) is 0 Å². The van der Waals surface area contributed by atoms with E-state index >= 15 is 0 Å². The summed E-state index contributed by atoms with van der Waals surface area (Å²) in [6.45, 7) is 4.23. The van der Waals surface area contributed by atoms with Crippen LogP contribution in [0.4, 0.5) is 0 Å². The second kappa shape index (κ2) is 7.79.